The van der Waals surface area contributed by atoms with Crippen molar-refractivity contribution in [3.8, 4) is 0 Å². The third-order valence-corrected chi connectivity index (χ3v) is 5.99. The van der Waals surface area contributed by atoms with E-state index < -0.39 is 0 Å². The molecule has 0 spiro atoms. The number of pyridine rings is 1. The topological polar surface area (TPSA) is 42.3 Å². The molecule has 0 N–H and O–H groups in total. The van der Waals surface area contributed by atoms with Crippen molar-refractivity contribution in [1.29, 1.82) is 0 Å². The normalized spacial score (nSPS) is 15.2. The highest BCUT2D eigenvalue weighted by Gasteiger charge is 2.31. The largest absolute Gasteiger partial charge is 0.330 e. The van der Waals surface area contributed by atoms with Crippen LogP contribution in [0.1, 0.15) is 34.7 Å². The van der Waals surface area contributed by atoms with Crippen molar-refractivity contribution in [2.75, 3.05) is 0 Å². The Labute approximate surface area is 178 Å². The van der Waals surface area contributed by atoms with Gasteiger partial charge in [-0.15, -0.1) is 0 Å². The molecule has 4 rings (SSSR count). The van der Waals surface area contributed by atoms with Gasteiger partial charge < -0.3 is 9.47 Å². The SMILES string of the molecule is Cc1ccc(CN(C(=O)Cn2cc(Br)ccc2=O)C2CCc3ccccc32)cc1. The van der Waals surface area contributed by atoms with Crippen molar-refractivity contribution in [2.24, 2.45) is 0 Å². The number of aryl methyl sites for hydroxylation is 2. The van der Waals surface area contributed by atoms with Gasteiger partial charge in [0.15, 0.2) is 0 Å². The van der Waals surface area contributed by atoms with E-state index in [9.17, 15) is 9.59 Å². The summed E-state index contributed by atoms with van der Waals surface area (Å²) >= 11 is 3.39. The van der Waals surface area contributed by atoms with Crippen LogP contribution in [0.4, 0.5) is 0 Å². The standard InChI is InChI=1S/C24H23BrN2O2/c1-17-6-8-18(9-7-17)14-27(22-12-10-19-4-2-3-5-21(19)22)24(29)16-26-15-20(25)11-13-23(26)28/h2-9,11,13,15,22H,10,12,14,16H2,1H3. The first-order valence-corrected chi connectivity index (χ1v) is 10.6. The van der Waals surface area contributed by atoms with Crippen LogP contribution in [0.15, 0.2) is 76.1 Å². The molecule has 4 nitrogen and oxygen atoms in total. The summed E-state index contributed by atoms with van der Waals surface area (Å²) in [4.78, 5) is 27.5. The molecule has 0 saturated carbocycles. The highest BCUT2D eigenvalue weighted by molar-refractivity contribution is 9.10. The van der Waals surface area contributed by atoms with Crippen LogP contribution in [0.25, 0.3) is 0 Å². The van der Waals surface area contributed by atoms with Crippen molar-refractivity contribution in [3.05, 3.63) is 104 Å². The molecule has 0 saturated heterocycles. The molecular weight excluding hydrogens is 428 g/mol. The van der Waals surface area contributed by atoms with Crippen molar-refractivity contribution >= 4 is 21.8 Å². The molecule has 5 heteroatoms. The fourth-order valence-electron chi connectivity index (χ4n) is 3.98. The second kappa shape index (κ2) is 8.37. The maximum Gasteiger partial charge on any atom is 0.251 e. The molecule has 0 fully saturated rings. The molecule has 1 aliphatic rings. The van der Waals surface area contributed by atoms with Crippen LogP contribution in [0.2, 0.25) is 0 Å². The number of nitrogens with zero attached hydrogens (tertiary/aromatic N) is 2. The summed E-state index contributed by atoms with van der Waals surface area (Å²) in [7, 11) is 0. The number of amides is 1. The molecule has 2 aromatic carbocycles. The highest BCUT2D eigenvalue weighted by atomic mass is 79.9. The van der Waals surface area contributed by atoms with Crippen molar-refractivity contribution < 1.29 is 4.79 Å². The molecule has 1 aromatic heterocycles. The summed E-state index contributed by atoms with van der Waals surface area (Å²) in [5.74, 6) is -0.0486. The zero-order valence-electron chi connectivity index (χ0n) is 16.3. The number of hydrogen-bond acceptors (Lipinski definition) is 2. The third kappa shape index (κ3) is 4.35. The molecule has 148 valence electrons. The molecule has 3 aromatic rings. The van der Waals surface area contributed by atoms with Crippen LogP contribution in [0.3, 0.4) is 0 Å². The monoisotopic (exact) mass is 450 g/mol. The number of hydrogen-bond donors (Lipinski definition) is 0. The third-order valence-electron chi connectivity index (χ3n) is 5.52. The Kier molecular flexibility index (Phi) is 5.67. The lowest BCUT2D eigenvalue weighted by atomic mass is 10.1. The Morgan fingerprint density at radius 1 is 1.10 bits per heavy atom. The predicted octanol–water partition coefficient (Wildman–Crippen LogP) is 4.64. The van der Waals surface area contributed by atoms with Crippen molar-refractivity contribution in [3.63, 3.8) is 0 Å². The summed E-state index contributed by atoms with van der Waals surface area (Å²) in [5.41, 5.74) is 4.63. The summed E-state index contributed by atoms with van der Waals surface area (Å²) in [6.07, 6.45) is 3.55. The van der Waals surface area contributed by atoms with Gasteiger partial charge in [-0.1, -0.05) is 54.1 Å². The summed E-state index contributed by atoms with van der Waals surface area (Å²) in [6, 6.07) is 19.8. The number of aromatic nitrogens is 1. The number of halogens is 1. The van der Waals surface area contributed by atoms with Crippen LogP contribution in [0.5, 0.6) is 0 Å². The summed E-state index contributed by atoms with van der Waals surface area (Å²) < 4.78 is 2.25. The smallest absolute Gasteiger partial charge is 0.251 e. The van der Waals surface area contributed by atoms with E-state index in [0.717, 1.165) is 22.9 Å². The maximum atomic E-state index is 13.4. The van der Waals surface area contributed by atoms with E-state index in [-0.39, 0.29) is 24.1 Å². The van der Waals surface area contributed by atoms with Gasteiger partial charge in [0.2, 0.25) is 5.91 Å². The molecule has 1 heterocycles. The van der Waals surface area contributed by atoms with Gasteiger partial charge in [-0.3, -0.25) is 9.59 Å². The van der Waals surface area contributed by atoms with Crippen LogP contribution in [-0.2, 0) is 24.3 Å². The molecule has 0 bridgehead atoms. The van der Waals surface area contributed by atoms with Crippen LogP contribution < -0.4 is 5.56 Å². The predicted molar refractivity (Wildman–Crippen MR) is 118 cm³/mol. The van der Waals surface area contributed by atoms with Crippen LogP contribution in [-0.4, -0.2) is 15.4 Å². The Morgan fingerprint density at radius 3 is 2.66 bits per heavy atom. The number of carbonyl (C=O) groups is 1. The lowest BCUT2D eigenvalue weighted by Crippen LogP contribution is -2.38. The first-order valence-electron chi connectivity index (χ1n) is 9.80. The molecule has 1 aliphatic carbocycles. The molecule has 1 unspecified atom stereocenters. The quantitative estimate of drug-likeness (QED) is 0.568. The van der Waals surface area contributed by atoms with Gasteiger partial charge >= 0.3 is 0 Å². The summed E-state index contributed by atoms with van der Waals surface area (Å²) in [5, 5.41) is 0. The molecule has 0 radical (unpaired) electrons. The van der Waals surface area contributed by atoms with Gasteiger partial charge in [0, 0.05) is 23.3 Å². The fourth-order valence-corrected chi connectivity index (χ4v) is 4.36. The second-order valence-corrected chi connectivity index (χ2v) is 8.49. The van der Waals surface area contributed by atoms with E-state index in [1.165, 1.54) is 27.3 Å². The van der Waals surface area contributed by atoms with Crippen LogP contribution >= 0.6 is 15.9 Å². The molecular formula is C24H23BrN2O2. The van der Waals surface area contributed by atoms with E-state index in [0.29, 0.717) is 6.54 Å². The number of carbonyl (C=O) groups excluding carboxylic acids is 1. The fraction of sp³-hybridized carbons (Fsp3) is 0.250. The molecule has 29 heavy (non-hydrogen) atoms. The van der Waals surface area contributed by atoms with Gasteiger partial charge in [0.05, 0.1) is 6.04 Å². The van der Waals surface area contributed by atoms with Gasteiger partial charge in [0.25, 0.3) is 5.56 Å². The van der Waals surface area contributed by atoms with E-state index in [4.69, 9.17) is 0 Å². The average Bonchev–Trinajstić information content (AvgIpc) is 3.14. The first kappa shape index (κ1) is 19.6. The minimum atomic E-state index is -0.177. The Bertz CT molecular complexity index is 1090. The van der Waals surface area contributed by atoms with Gasteiger partial charge in [-0.05, 0) is 58.5 Å². The molecule has 0 aliphatic heterocycles. The average molecular weight is 451 g/mol. The first-order chi connectivity index (χ1) is 14.0. The van der Waals surface area contributed by atoms with Crippen molar-refractivity contribution in [1.82, 2.24) is 9.47 Å². The number of fused-ring (bicyclic) bond motifs is 1. The minimum absolute atomic E-state index is 0.0304. The number of benzene rings is 2. The maximum absolute atomic E-state index is 13.4. The zero-order chi connectivity index (χ0) is 20.4. The van der Waals surface area contributed by atoms with Crippen molar-refractivity contribution in [2.45, 2.75) is 38.9 Å². The Hall–Kier alpha value is -2.66. The lowest BCUT2D eigenvalue weighted by molar-refractivity contribution is -0.135. The molecule has 1 atom stereocenters. The Morgan fingerprint density at radius 2 is 1.86 bits per heavy atom. The van der Waals surface area contributed by atoms with Crippen LogP contribution in [0, 0.1) is 6.92 Å². The lowest BCUT2D eigenvalue weighted by Gasteiger charge is -2.30. The van der Waals surface area contributed by atoms with Gasteiger partial charge in [-0.25, -0.2) is 0 Å². The van der Waals surface area contributed by atoms with E-state index >= 15 is 0 Å². The van der Waals surface area contributed by atoms with E-state index in [2.05, 4.69) is 65.3 Å². The Balaban J connectivity index is 1.66. The summed E-state index contributed by atoms with van der Waals surface area (Å²) in [6.45, 7) is 2.61. The van der Waals surface area contributed by atoms with E-state index in [1.807, 2.05) is 11.0 Å². The van der Waals surface area contributed by atoms with Gasteiger partial charge in [0.1, 0.15) is 6.54 Å². The van der Waals surface area contributed by atoms with E-state index in [1.54, 1.807) is 12.3 Å². The van der Waals surface area contributed by atoms with Gasteiger partial charge in [-0.2, -0.15) is 0 Å². The number of rotatable bonds is 5. The highest BCUT2D eigenvalue weighted by Crippen LogP contribution is 2.36. The second-order valence-electron chi connectivity index (χ2n) is 7.57. The molecule has 1 amide bonds. The zero-order valence-corrected chi connectivity index (χ0v) is 17.9. The minimum Gasteiger partial charge on any atom is -0.330 e.